The van der Waals surface area contributed by atoms with E-state index in [1.54, 1.807) is 26.4 Å². The topological polar surface area (TPSA) is 38.7 Å². The van der Waals surface area contributed by atoms with E-state index in [4.69, 9.17) is 21.1 Å². The maximum atomic E-state index is 10.4. The third-order valence-corrected chi connectivity index (χ3v) is 4.24. The van der Waals surface area contributed by atoms with Crippen molar-refractivity contribution in [2.75, 3.05) is 14.2 Å². The first-order valence-electron chi connectivity index (χ1n) is 6.80. The van der Waals surface area contributed by atoms with E-state index in [1.807, 2.05) is 0 Å². The number of hydrogen-bond acceptors (Lipinski definition) is 3. The van der Waals surface area contributed by atoms with Gasteiger partial charge in [-0.3, -0.25) is 0 Å². The van der Waals surface area contributed by atoms with Crippen molar-refractivity contribution in [2.24, 2.45) is 11.3 Å². The van der Waals surface area contributed by atoms with Gasteiger partial charge in [0.15, 0.2) is 11.5 Å². The van der Waals surface area contributed by atoms with E-state index in [-0.39, 0.29) is 5.41 Å². The second kappa shape index (κ2) is 6.68. The molecular formula is C16H25ClO3. The Morgan fingerprint density at radius 1 is 1.15 bits per heavy atom. The van der Waals surface area contributed by atoms with E-state index in [2.05, 4.69) is 27.7 Å². The van der Waals surface area contributed by atoms with E-state index in [9.17, 15) is 5.11 Å². The Labute approximate surface area is 126 Å². The van der Waals surface area contributed by atoms with Crippen LogP contribution in [0.4, 0.5) is 0 Å². The molecule has 2 atom stereocenters. The van der Waals surface area contributed by atoms with Gasteiger partial charge in [-0.2, -0.15) is 0 Å². The minimum atomic E-state index is -0.614. The van der Waals surface area contributed by atoms with Crippen LogP contribution in [0.2, 0.25) is 5.02 Å². The zero-order valence-corrected chi connectivity index (χ0v) is 13.9. The van der Waals surface area contributed by atoms with Crippen molar-refractivity contribution in [3.8, 4) is 11.5 Å². The van der Waals surface area contributed by atoms with Crippen molar-refractivity contribution >= 4 is 11.6 Å². The fraction of sp³-hybridized carbons (Fsp3) is 0.625. The van der Waals surface area contributed by atoms with E-state index >= 15 is 0 Å². The van der Waals surface area contributed by atoms with Gasteiger partial charge in [-0.05, 0) is 23.8 Å². The summed E-state index contributed by atoms with van der Waals surface area (Å²) in [6.07, 6.45) is 0.0372. The monoisotopic (exact) mass is 300 g/mol. The van der Waals surface area contributed by atoms with Crippen LogP contribution in [0.15, 0.2) is 12.1 Å². The molecule has 114 valence electrons. The highest BCUT2D eigenvalue weighted by molar-refractivity contribution is 6.31. The summed E-state index contributed by atoms with van der Waals surface area (Å²) in [5, 5.41) is 10.9. The van der Waals surface area contributed by atoms with Gasteiger partial charge in [0.05, 0.1) is 25.3 Å². The van der Waals surface area contributed by atoms with Gasteiger partial charge in [-0.25, -0.2) is 0 Å². The lowest BCUT2D eigenvalue weighted by atomic mass is 9.78. The molecule has 0 saturated heterocycles. The van der Waals surface area contributed by atoms with Crippen molar-refractivity contribution in [3.05, 3.63) is 22.7 Å². The van der Waals surface area contributed by atoms with Gasteiger partial charge < -0.3 is 14.6 Å². The van der Waals surface area contributed by atoms with Gasteiger partial charge in [-0.1, -0.05) is 39.3 Å². The smallest absolute Gasteiger partial charge is 0.162 e. The van der Waals surface area contributed by atoms with Gasteiger partial charge in [0.2, 0.25) is 0 Å². The maximum Gasteiger partial charge on any atom is 0.162 e. The van der Waals surface area contributed by atoms with Crippen LogP contribution in [0.1, 0.15) is 45.8 Å². The lowest BCUT2D eigenvalue weighted by Gasteiger charge is -2.29. The van der Waals surface area contributed by atoms with Crippen molar-refractivity contribution in [1.29, 1.82) is 0 Å². The standard InChI is InChI=1S/C16H25ClO3/c1-10(16(2,3)4)7-13(18)11-8-14(19-5)15(20-6)9-12(11)17/h8-10,13,18H,7H2,1-6H3. The van der Waals surface area contributed by atoms with Crippen LogP contribution in [0.3, 0.4) is 0 Å². The summed E-state index contributed by atoms with van der Waals surface area (Å²) in [6.45, 7) is 8.64. The van der Waals surface area contributed by atoms with Crippen LogP contribution in [-0.4, -0.2) is 19.3 Å². The fourth-order valence-electron chi connectivity index (χ4n) is 1.94. The molecule has 1 aromatic rings. The van der Waals surface area contributed by atoms with E-state index < -0.39 is 6.10 Å². The van der Waals surface area contributed by atoms with Crippen molar-refractivity contribution in [1.82, 2.24) is 0 Å². The summed E-state index contributed by atoms with van der Waals surface area (Å²) in [5.41, 5.74) is 0.824. The first kappa shape index (κ1) is 17.1. The summed E-state index contributed by atoms with van der Waals surface area (Å²) < 4.78 is 10.5. The van der Waals surface area contributed by atoms with Crippen molar-refractivity contribution in [3.63, 3.8) is 0 Å². The second-order valence-electron chi connectivity index (χ2n) is 6.25. The normalized spacial score (nSPS) is 14.8. The molecular weight excluding hydrogens is 276 g/mol. The van der Waals surface area contributed by atoms with Crippen LogP contribution >= 0.6 is 11.6 Å². The molecule has 2 unspecified atom stereocenters. The van der Waals surface area contributed by atoms with E-state index in [0.717, 1.165) is 0 Å². The van der Waals surface area contributed by atoms with Crippen molar-refractivity contribution < 1.29 is 14.6 Å². The lowest BCUT2D eigenvalue weighted by Crippen LogP contribution is -2.20. The van der Waals surface area contributed by atoms with Crippen LogP contribution < -0.4 is 9.47 Å². The summed E-state index contributed by atoms with van der Waals surface area (Å²) in [6, 6.07) is 3.43. The zero-order chi connectivity index (χ0) is 15.5. The van der Waals surface area contributed by atoms with Crippen molar-refractivity contribution in [2.45, 2.75) is 40.2 Å². The third kappa shape index (κ3) is 4.03. The van der Waals surface area contributed by atoms with Crippen LogP contribution in [0.25, 0.3) is 0 Å². The number of halogens is 1. The van der Waals surface area contributed by atoms with Gasteiger partial charge in [-0.15, -0.1) is 0 Å². The predicted octanol–water partition coefficient (Wildman–Crippen LogP) is 4.46. The Balaban J connectivity index is 3.01. The summed E-state index contributed by atoms with van der Waals surface area (Å²) in [4.78, 5) is 0. The minimum absolute atomic E-state index is 0.143. The maximum absolute atomic E-state index is 10.4. The summed E-state index contributed by atoms with van der Waals surface area (Å²) in [7, 11) is 3.13. The Morgan fingerprint density at radius 2 is 1.65 bits per heavy atom. The van der Waals surface area contributed by atoms with Gasteiger partial charge in [0.25, 0.3) is 0 Å². The first-order chi connectivity index (χ1) is 9.20. The van der Waals surface area contributed by atoms with Crippen LogP contribution in [-0.2, 0) is 0 Å². The Bertz CT molecular complexity index is 452. The third-order valence-electron chi connectivity index (χ3n) is 3.92. The zero-order valence-electron chi connectivity index (χ0n) is 13.2. The average molecular weight is 301 g/mol. The molecule has 0 aromatic heterocycles. The number of hydrogen-bond donors (Lipinski definition) is 1. The molecule has 20 heavy (non-hydrogen) atoms. The summed E-state index contributed by atoms with van der Waals surface area (Å²) in [5.74, 6) is 1.51. The van der Waals surface area contributed by atoms with Gasteiger partial charge in [0.1, 0.15) is 0 Å². The van der Waals surface area contributed by atoms with E-state index in [1.165, 1.54) is 0 Å². The van der Waals surface area contributed by atoms with Gasteiger partial charge >= 0.3 is 0 Å². The Hall–Kier alpha value is -0.930. The largest absolute Gasteiger partial charge is 0.493 e. The van der Waals surface area contributed by atoms with Crippen LogP contribution in [0, 0.1) is 11.3 Å². The predicted molar refractivity (Wildman–Crippen MR) is 82.8 cm³/mol. The molecule has 0 radical (unpaired) electrons. The number of ether oxygens (including phenoxy) is 2. The SMILES string of the molecule is COc1cc(Cl)c(C(O)CC(C)C(C)(C)C)cc1OC. The number of aliphatic hydroxyl groups excluding tert-OH is 1. The van der Waals surface area contributed by atoms with Crippen LogP contribution in [0.5, 0.6) is 11.5 Å². The molecule has 0 fully saturated rings. The molecule has 1 aromatic carbocycles. The molecule has 0 aliphatic carbocycles. The highest BCUT2D eigenvalue weighted by Gasteiger charge is 2.25. The Morgan fingerprint density at radius 3 is 2.10 bits per heavy atom. The first-order valence-corrected chi connectivity index (χ1v) is 7.18. The lowest BCUT2D eigenvalue weighted by molar-refractivity contribution is 0.110. The molecule has 0 spiro atoms. The molecule has 0 aliphatic rings. The molecule has 0 heterocycles. The fourth-order valence-corrected chi connectivity index (χ4v) is 2.22. The Kier molecular flexibility index (Phi) is 5.72. The number of methoxy groups -OCH3 is 2. The highest BCUT2D eigenvalue weighted by Crippen LogP contribution is 2.39. The summed E-state index contributed by atoms with van der Waals surface area (Å²) >= 11 is 6.23. The molecule has 0 saturated carbocycles. The van der Waals surface area contributed by atoms with E-state index in [0.29, 0.717) is 34.4 Å². The number of rotatable bonds is 5. The van der Waals surface area contributed by atoms with Gasteiger partial charge in [0, 0.05) is 11.6 Å². The minimum Gasteiger partial charge on any atom is -0.493 e. The molecule has 0 amide bonds. The molecule has 4 heteroatoms. The number of aliphatic hydroxyl groups is 1. The number of benzene rings is 1. The molecule has 3 nitrogen and oxygen atoms in total. The highest BCUT2D eigenvalue weighted by atomic mass is 35.5. The molecule has 1 rings (SSSR count). The second-order valence-corrected chi connectivity index (χ2v) is 6.65. The average Bonchev–Trinajstić information content (AvgIpc) is 2.36. The molecule has 0 bridgehead atoms. The molecule has 1 N–H and O–H groups in total. The molecule has 0 aliphatic heterocycles. The quantitative estimate of drug-likeness (QED) is 0.872.